The van der Waals surface area contributed by atoms with Gasteiger partial charge in [0, 0.05) is 29.5 Å². The normalized spacial score (nSPS) is 11.0. The monoisotopic (exact) mass is 389 g/mol. The van der Waals surface area contributed by atoms with E-state index >= 15 is 0 Å². The third kappa shape index (κ3) is 3.46. The molecule has 2 aromatic carbocycles. The summed E-state index contributed by atoms with van der Waals surface area (Å²) in [6, 6.07) is 19.5. The molecular formula is C22H19N3O2S. The van der Waals surface area contributed by atoms with Gasteiger partial charge in [0.25, 0.3) is 5.56 Å². The predicted molar refractivity (Wildman–Crippen MR) is 113 cm³/mol. The van der Waals surface area contributed by atoms with Crippen LogP contribution in [0.25, 0.3) is 32.7 Å². The van der Waals surface area contributed by atoms with Crippen molar-refractivity contribution < 1.29 is 4.79 Å². The van der Waals surface area contributed by atoms with Crippen molar-refractivity contribution in [2.45, 2.75) is 19.4 Å². The minimum absolute atomic E-state index is 0.0894. The fraction of sp³-hybridized carbons (Fsp3) is 0.136. The van der Waals surface area contributed by atoms with E-state index in [0.717, 1.165) is 16.7 Å². The zero-order chi connectivity index (χ0) is 19.5. The van der Waals surface area contributed by atoms with Crippen molar-refractivity contribution in [2.75, 3.05) is 0 Å². The second kappa shape index (κ2) is 7.78. The predicted octanol–water partition coefficient (Wildman–Crippen LogP) is 4.06. The van der Waals surface area contributed by atoms with E-state index in [2.05, 4.69) is 0 Å². The number of carbonyl (C=O) groups excluding carboxylic acids is 1. The lowest BCUT2D eigenvalue weighted by molar-refractivity contribution is -0.118. The molecule has 0 aliphatic heterocycles. The molecule has 1 amide bonds. The van der Waals surface area contributed by atoms with Crippen LogP contribution in [0.4, 0.5) is 0 Å². The van der Waals surface area contributed by atoms with Gasteiger partial charge in [0.15, 0.2) is 0 Å². The van der Waals surface area contributed by atoms with Crippen molar-refractivity contribution in [1.82, 2.24) is 9.55 Å². The van der Waals surface area contributed by atoms with E-state index in [0.29, 0.717) is 29.0 Å². The van der Waals surface area contributed by atoms with Gasteiger partial charge in [-0.25, -0.2) is 4.98 Å². The van der Waals surface area contributed by atoms with E-state index in [4.69, 9.17) is 10.7 Å². The summed E-state index contributed by atoms with van der Waals surface area (Å²) in [5.74, 6) is 0.243. The topological polar surface area (TPSA) is 78.0 Å². The zero-order valence-electron chi connectivity index (χ0n) is 15.2. The van der Waals surface area contributed by atoms with Gasteiger partial charge in [-0.2, -0.15) is 0 Å². The van der Waals surface area contributed by atoms with Crippen molar-refractivity contribution in [1.29, 1.82) is 0 Å². The second-order valence-electron chi connectivity index (χ2n) is 6.52. The first kappa shape index (κ1) is 18.1. The van der Waals surface area contributed by atoms with Crippen LogP contribution in [-0.2, 0) is 11.3 Å². The Balaban J connectivity index is 1.91. The van der Waals surface area contributed by atoms with Crippen LogP contribution in [0.3, 0.4) is 0 Å². The number of thiophene rings is 1. The summed E-state index contributed by atoms with van der Waals surface area (Å²) >= 11 is 1.47. The highest BCUT2D eigenvalue weighted by molar-refractivity contribution is 7.17. The Kier molecular flexibility index (Phi) is 5.04. The lowest BCUT2D eigenvalue weighted by atomic mass is 10.1. The number of nitrogens with two attached hydrogens (primary N) is 1. The molecule has 0 saturated carbocycles. The van der Waals surface area contributed by atoms with Crippen LogP contribution in [-0.4, -0.2) is 15.5 Å². The summed E-state index contributed by atoms with van der Waals surface area (Å²) in [5.41, 5.74) is 7.94. The Labute approximate surface area is 166 Å². The molecule has 2 aromatic heterocycles. The minimum atomic E-state index is -0.371. The first-order chi connectivity index (χ1) is 13.6. The number of primary amides is 1. The van der Waals surface area contributed by atoms with Crippen LogP contribution >= 0.6 is 11.3 Å². The molecule has 5 nitrogen and oxygen atoms in total. The van der Waals surface area contributed by atoms with E-state index in [1.54, 1.807) is 4.57 Å². The highest BCUT2D eigenvalue weighted by atomic mass is 32.1. The van der Waals surface area contributed by atoms with Crippen LogP contribution < -0.4 is 11.3 Å². The molecule has 28 heavy (non-hydrogen) atoms. The Morgan fingerprint density at radius 2 is 1.64 bits per heavy atom. The molecule has 0 unspecified atom stereocenters. The Hall–Kier alpha value is -3.25. The SMILES string of the molecule is NC(=O)CCCn1c(-c2ccccc2)nc2scc(-c3ccccc3)c2c1=O. The van der Waals surface area contributed by atoms with Crippen LogP contribution in [0.15, 0.2) is 70.8 Å². The highest BCUT2D eigenvalue weighted by Crippen LogP contribution is 2.32. The quantitative estimate of drug-likeness (QED) is 0.540. The molecule has 0 radical (unpaired) electrons. The summed E-state index contributed by atoms with van der Waals surface area (Å²) in [6.07, 6.45) is 0.723. The highest BCUT2D eigenvalue weighted by Gasteiger charge is 2.18. The van der Waals surface area contributed by atoms with Gasteiger partial charge in [0.05, 0.1) is 5.39 Å². The summed E-state index contributed by atoms with van der Waals surface area (Å²) in [6.45, 7) is 0.388. The molecule has 0 aliphatic carbocycles. The average Bonchev–Trinajstić information content (AvgIpc) is 3.15. The molecular weight excluding hydrogens is 370 g/mol. The van der Waals surface area contributed by atoms with E-state index in [1.807, 2.05) is 66.0 Å². The number of nitrogens with zero attached hydrogens (tertiary/aromatic N) is 2. The summed E-state index contributed by atoms with van der Waals surface area (Å²) < 4.78 is 1.67. The van der Waals surface area contributed by atoms with Gasteiger partial charge in [-0.05, 0) is 12.0 Å². The Morgan fingerprint density at radius 3 is 2.29 bits per heavy atom. The lowest BCUT2D eigenvalue weighted by Gasteiger charge is -2.13. The molecule has 2 N–H and O–H groups in total. The maximum Gasteiger partial charge on any atom is 0.263 e. The molecule has 0 atom stereocenters. The number of amides is 1. The van der Waals surface area contributed by atoms with E-state index in [-0.39, 0.29) is 17.9 Å². The number of aromatic nitrogens is 2. The van der Waals surface area contributed by atoms with Gasteiger partial charge >= 0.3 is 0 Å². The van der Waals surface area contributed by atoms with Gasteiger partial charge in [-0.1, -0.05) is 60.7 Å². The maximum atomic E-state index is 13.5. The fourth-order valence-electron chi connectivity index (χ4n) is 3.28. The second-order valence-corrected chi connectivity index (χ2v) is 7.38. The molecule has 0 aliphatic rings. The zero-order valence-corrected chi connectivity index (χ0v) is 16.0. The maximum absolute atomic E-state index is 13.5. The number of benzene rings is 2. The molecule has 2 heterocycles. The lowest BCUT2D eigenvalue weighted by Crippen LogP contribution is -2.24. The van der Waals surface area contributed by atoms with E-state index in [9.17, 15) is 9.59 Å². The Bertz CT molecular complexity index is 1180. The fourth-order valence-corrected chi connectivity index (χ4v) is 4.22. The molecule has 0 bridgehead atoms. The molecule has 4 rings (SSSR count). The van der Waals surface area contributed by atoms with E-state index < -0.39 is 0 Å². The third-order valence-corrected chi connectivity index (χ3v) is 5.49. The molecule has 140 valence electrons. The van der Waals surface area contributed by atoms with Crippen LogP contribution in [0.5, 0.6) is 0 Å². The number of rotatable bonds is 6. The van der Waals surface area contributed by atoms with Crippen LogP contribution in [0.1, 0.15) is 12.8 Å². The van der Waals surface area contributed by atoms with Gasteiger partial charge < -0.3 is 5.73 Å². The summed E-state index contributed by atoms with van der Waals surface area (Å²) in [4.78, 5) is 30.2. The number of hydrogen-bond acceptors (Lipinski definition) is 4. The first-order valence-corrected chi connectivity index (χ1v) is 9.94. The third-order valence-electron chi connectivity index (χ3n) is 4.62. The van der Waals surface area contributed by atoms with Crippen LogP contribution in [0, 0.1) is 0 Å². The number of hydrogen-bond donors (Lipinski definition) is 1. The van der Waals surface area contributed by atoms with Crippen molar-refractivity contribution in [3.8, 4) is 22.5 Å². The molecule has 4 aromatic rings. The molecule has 0 saturated heterocycles. The van der Waals surface area contributed by atoms with Crippen molar-refractivity contribution in [3.63, 3.8) is 0 Å². The molecule has 6 heteroatoms. The standard InChI is InChI=1S/C22H19N3O2S/c23-18(26)12-7-13-25-20(16-10-5-2-6-11-16)24-21-19(22(25)27)17(14-28-21)15-8-3-1-4-9-15/h1-6,8-11,14H,7,12-13H2,(H2,23,26). The van der Waals surface area contributed by atoms with Gasteiger partial charge in [-0.15, -0.1) is 11.3 Å². The molecule has 0 fully saturated rings. The molecule has 0 spiro atoms. The number of fused-ring (bicyclic) bond motifs is 1. The van der Waals surface area contributed by atoms with Gasteiger partial charge in [-0.3, -0.25) is 14.2 Å². The van der Waals surface area contributed by atoms with Crippen molar-refractivity contribution in [3.05, 3.63) is 76.4 Å². The summed E-state index contributed by atoms with van der Waals surface area (Å²) in [7, 11) is 0. The van der Waals surface area contributed by atoms with Crippen LogP contribution in [0.2, 0.25) is 0 Å². The van der Waals surface area contributed by atoms with Crippen molar-refractivity contribution in [2.24, 2.45) is 5.73 Å². The van der Waals surface area contributed by atoms with Crippen molar-refractivity contribution >= 4 is 27.5 Å². The summed E-state index contributed by atoms with van der Waals surface area (Å²) in [5, 5.41) is 2.60. The Morgan fingerprint density at radius 1 is 1.00 bits per heavy atom. The average molecular weight is 389 g/mol. The van der Waals surface area contributed by atoms with Gasteiger partial charge in [0.2, 0.25) is 5.91 Å². The number of carbonyl (C=O) groups is 1. The first-order valence-electron chi connectivity index (χ1n) is 9.06. The minimum Gasteiger partial charge on any atom is -0.370 e. The van der Waals surface area contributed by atoms with E-state index in [1.165, 1.54) is 11.3 Å². The van der Waals surface area contributed by atoms with Gasteiger partial charge in [0.1, 0.15) is 10.7 Å². The smallest absolute Gasteiger partial charge is 0.263 e. The largest absolute Gasteiger partial charge is 0.370 e.